The number of hydrogen-bond donors (Lipinski definition) is 1. The van der Waals surface area contributed by atoms with Crippen molar-refractivity contribution >= 4 is 18.3 Å². The molecule has 2 heterocycles. The molecule has 1 amide bonds. The van der Waals surface area contributed by atoms with Gasteiger partial charge in [-0.25, -0.2) is 0 Å². The molecule has 1 aromatic heterocycles. The Morgan fingerprint density at radius 2 is 2.19 bits per heavy atom. The molecule has 6 nitrogen and oxygen atoms in total. The van der Waals surface area contributed by atoms with E-state index in [1.807, 2.05) is 48.3 Å². The van der Waals surface area contributed by atoms with Crippen LogP contribution in [0.15, 0.2) is 36.5 Å². The maximum atomic E-state index is 12.6. The van der Waals surface area contributed by atoms with Crippen molar-refractivity contribution in [2.75, 3.05) is 33.8 Å². The first kappa shape index (κ1) is 20.3. The van der Waals surface area contributed by atoms with Gasteiger partial charge in [-0.2, -0.15) is 5.10 Å². The summed E-state index contributed by atoms with van der Waals surface area (Å²) in [4.78, 5) is 14.3. The summed E-state index contributed by atoms with van der Waals surface area (Å²) >= 11 is 0. The standard InChI is InChI=1S/C19H26N4O2.ClH/c1-22(12-9-15-6-3-4-8-18(15)25-2)19(24)17-10-13-23(21-17)16-7-5-11-20-14-16;/h3-4,6,8,10,13,16,20H,5,7,9,11-12,14H2,1-2H3;1H. The van der Waals surface area contributed by atoms with Gasteiger partial charge >= 0.3 is 0 Å². The second-order valence-corrected chi connectivity index (χ2v) is 6.47. The molecule has 1 atom stereocenters. The molecule has 1 aromatic carbocycles. The second kappa shape index (κ2) is 9.59. The number of ether oxygens (including phenoxy) is 1. The number of rotatable bonds is 6. The van der Waals surface area contributed by atoms with Crippen LogP contribution in [0.25, 0.3) is 0 Å². The highest BCUT2D eigenvalue weighted by molar-refractivity contribution is 5.92. The highest BCUT2D eigenvalue weighted by Crippen LogP contribution is 2.19. The number of halogens is 1. The minimum absolute atomic E-state index is 0. The van der Waals surface area contributed by atoms with E-state index in [2.05, 4.69) is 10.4 Å². The van der Waals surface area contributed by atoms with Gasteiger partial charge in [-0.15, -0.1) is 12.4 Å². The average molecular weight is 379 g/mol. The van der Waals surface area contributed by atoms with Gasteiger partial charge in [0.15, 0.2) is 0 Å². The van der Waals surface area contributed by atoms with E-state index in [1.165, 1.54) is 0 Å². The molecule has 3 rings (SSSR count). The van der Waals surface area contributed by atoms with Gasteiger partial charge in [0.1, 0.15) is 11.4 Å². The topological polar surface area (TPSA) is 59.4 Å². The molecule has 2 aromatic rings. The van der Waals surface area contributed by atoms with Crippen molar-refractivity contribution in [1.82, 2.24) is 20.0 Å². The van der Waals surface area contributed by atoms with Crippen molar-refractivity contribution in [3.05, 3.63) is 47.8 Å². The first-order valence-electron chi connectivity index (χ1n) is 8.82. The minimum atomic E-state index is -0.0441. The molecule has 26 heavy (non-hydrogen) atoms. The van der Waals surface area contributed by atoms with Crippen LogP contribution in [0.5, 0.6) is 5.75 Å². The van der Waals surface area contributed by atoms with Crippen molar-refractivity contribution in [2.24, 2.45) is 0 Å². The Balaban J connectivity index is 0.00000243. The van der Waals surface area contributed by atoms with Crippen molar-refractivity contribution < 1.29 is 9.53 Å². The van der Waals surface area contributed by atoms with Crippen LogP contribution >= 0.6 is 12.4 Å². The Morgan fingerprint density at radius 3 is 2.92 bits per heavy atom. The van der Waals surface area contributed by atoms with E-state index < -0.39 is 0 Å². The molecular weight excluding hydrogens is 352 g/mol. The fourth-order valence-corrected chi connectivity index (χ4v) is 3.21. The van der Waals surface area contributed by atoms with Gasteiger partial charge in [0.2, 0.25) is 0 Å². The van der Waals surface area contributed by atoms with E-state index in [0.29, 0.717) is 18.3 Å². The normalized spacial score (nSPS) is 16.6. The van der Waals surface area contributed by atoms with Gasteiger partial charge in [-0.05, 0) is 43.5 Å². The number of amides is 1. The number of para-hydroxylation sites is 1. The summed E-state index contributed by atoms with van der Waals surface area (Å²) in [6, 6.07) is 10.1. The quantitative estimate of drug-likeness (QED) is 0.839. The zero-order chi connectivity index (χ0) is 17.6. The van der Waals surface area contributed by atoms with E-state index in [4.69, 9.17) is 4.74 Å². The van der Waals surface area contributed by atoms with Crippen LogP contribution in [0.4, 0.5) is 0 Å². The smallest absolute Gasteiger partial charge is 0.274 e. The fourth-order valence-electron chi connectivity index (χ4n) is 3.21. The van der Waals surface area contributed by atoms with E-state index in [1.54, 1.807) is 12.0 Å². The first-order valence-corrected chi connectivity index (χ1v) is 8.82. The lowest BCUT2D eigenvalue weighted by molar-refractivity contribution is 0.0789. The van der Waals surface area contributed by atoms with E-state index in [9.17, 15) is 4.79 Å². The van der Waals surface area contributed by atoms with Crippen LogP contribution in [-0.2, 0) is 6.42 Å². The minimum Gasteiger partial charge on any atom is -0.496 e. The predicted octanol–water partition coefficient (Wildman–Crippen LogP) is 2.55. The summed E-state index contributed by atoms with van der Waals surface area (Å²) < 4.78 is 7.29. The van der Waals surface area contributed by atoms with Crippen LogP contribution < -0.4 is 10.1 Å². The van der Waals surface area contributed by atoms with Crippen molar-refractivity contribution in [3.63, 3.8) is 0 Å². The van der Waals surface area contributed by atoms with Crippen LogP contribution in [0.3, 0.4) is 0 Å². The molecule has 1 unspecified atom stereocenters. The number of nitrogens with zero attached hydrogens (tertiary/aromatic N) is 3. The van der Waals surface area contributed by atoms with Crippen molar-refractivity contribution in [1.29, 1.82) is 0 Å². The van der Waals surface area contributed by atoms with E-state index in [0.717, 1.165) is 43.7 Å². The number of piperidine rings is 1. The Hall–Kier alpha value is -2.05. The Kier molecular flexibility index (Phi) is 7.48. The number of hydrogen-bond acceptors (Lipinski definition) is 4. The third-order valence-electron chi connectivity index (χ3n) is 4.73. The number of methoxy groups -OCH3 is 1. The maximum Gasteiger partial charge on any atom is 0.274 e. The van der Waals surface area contributed by atoms with E-state index >= 15 is 0 Å². The zero-order valence-corrected chi connectivity index (χ0v) is 16.2. The summed E-state index contributed by atoms with van der Waals surface area (Å²) in [5.74, 6) is 0.815. The number of carbonyl (C=O) groups excluding carboxylic acids is 1. The third kappa shape index (κ3) is 4.77. The molecule has 1 saturated heterocycles. The van der Waals surface area contributed by atoms with Crippen molar-refractivity contribution in [3.8, 4) is 5.75 Å². The lowest BCUT2D eigenvalue weighted by atomic mass is 10.1. The number of aromatic nitrogens is 2. The zero-order valence-electron chi connectivity index (χ0n) is 15.4. The molecule has 0 bridgehead atoms. The highest BCUT2D eigenvalue weighted by Gasteiger charge is 2.19. The molecule has 1 aliphatic heterocycles. The fraction of sp³-hybridized carbons (Fsp3) is 0.474. The summed E-state index contributed by atoms with van der Waals surface area (Å²) in [7, 11) is 3.49. The van der Waals surface area contributed by atoms with Gasteiger partial charge in [-0.3, -0.25) is 9.48 Å². The third-order valence-corrected chi connectivity index (χ3v) is 4.73. The lowest BCUT2D eigenvalue weighted by Gasteiger charge is -2.23. The summed E-state index contributed by atoms with van der Waals surface area (Å²) in [6.45, 7) is 2.60. The number of carbonyl (C=O) groups is 1. The molecule has 0 saturated carbocycles. The molecular formula is C19H27ClN4O2. The monoisotopic (exact) mass is 378 g/mol. The predicted molar refractivity (Wildman–Crippen MR) is 104 cm³/mol. The lowest BCUT2D eigenvalue weighted by Crippen LogP contribution is -2.32. The van der Waals surface area contributed by atoms with Crippen molar-refractivity contribution in [2.45, 2.75) is 25.3 Å². The highest BCUT2D eigenvalue weighted by atomic mass is 35.5. The average Bonchev–Trinajstić information content (AvgIpc) is 3.16. The van der Waals surface area contributed by atoms with Gasteiger partial charge in [0.05, 0.1) is 13.2 Å². The van der Waals surface area contributed by atoms with Crippen LogP contribution in [0.2, 0.25) is 0 Å². The second-order valence-electron chi connectivity index (χ2n) is 6.47. The van der Waals surface area contributed by atoms with Crippen LogP contribution in [-0.4, -0.2) is 54.4 Å². The Bertz CT molecular complexity index is 713. The summed E-state index contributed by atoms with van der Waals surface area (Å²) in [5.41, 5.74) is 1.61. The van der Waals surface area contributed by atoms with Gasteiger partial charge in [0, 0.05) is 26.3 Å². The van der Waals surface area contributed by atoms with E-state index in [-0.39, 0.29) is 18.3 Å². The first-order chi connectivity index (χ1) is 12.2. The van der Waals surface area contributed by atoms with Crippen LogP contribution in [0, 0.1) is 0 Å². The number of likely N-dealkylation sites (N-methyl/N-ethyl adjacent to an activating group) is 1. The molecule has 7 heteroatoms. The molecule has 0 spiro atoms. The van der Waals surface area contributed by atoms with Gasteiger partial charge in [-0.1, -0.05) is 18.2 Å². The molecule has 142 valence electrons. The molecule has 0 radical (unpaired) electrons. The Morgan fingerprint density at radius 1 is 1.38 bits per heavy atom. The Labute approximate surface area is 160 Å². The number of nitrogens with one attached hydrogen (secondary N) is 1. The van der Waals surface area contributed by atoms with Gasteiger partial charge in [0.25, 0.3) is 5.91 Å². The molecule has 1 N–H and O–H groups in total. The maximum absolute atomic E-state index is 12.6. The number of benzene rings is 1. The molecule has 1 fully saturated rings. The van der Waals surface area contributed by atoms with Gasteiger partial charge < -0.3 is 15.0 Å². The largest absolute Gasteiger partial charge is 0.496 e. The summed E-state index contributed by atoms with van der Waals surface area (Å²) in [6.07, 6.45) is 4.91. The SMILES string of the molecule is COc1ccccc1CCN(C)C(=O)c1ccn(C2CCCNC2)n1.Cl. The summed E-state index contributed by atoms with van der Waals surface area (Å²) in [5, 5.41) is 7.88. The van der Waals surface area contributed by atoms with Crippen LogP contribution in [0.1, 0.15) is 34.9 Å². The molecule has 0 aliphatic carbocycles. The molecule has 1 aliphatic rings.